The van der Waals surface area contributed by atoms with E-state index in [-0.39, 0.29) is 0 Å². The summed E-state index contributed by atoms with van der Waals surface area (Å²) < 4.78 is 0. The van der Waals surface area contributed by atoms with Crippen LogP contribution < -0.4 is 0 Å². The van der Waals surface area contributed by atoms with Gasteiger partial charge >= 0.3 is 0 Å². The first-order valence-electron chi connectivity index (χ1n) is 4.69. The van der Waals surface area contributed by atoms with Crippen LogP contribution in [0.2, 0.25) is 0 Å². The number of nitrogens with zero attached hydrogens (tertiary/aromatic N) is 1. The van der Waals surface area contributed by atoms with Gasteiger partial charge in [0.15, 0.2) is 0 Å². The maximum Gasteiger partial charge on any atom is 0.284 e. The first kappa shape index (κ1) is 15.7. The van der Waals surface area contributed by atoms with Crippen molar-refractivity contribution in [3.8, 4) is 0 Å². The molecule has 0 aromatic heterocycles. The predicted octanol–water partition coefficient (Wildman–Crippen LogP) is -0.430. The van der Waals surface area contributed by atoms with Gasteiger partial charge in [-0.1, -0.05) is 0 Å². The molecule has 2 atom stereocenters. The van der Waals surface area contributed by atoms with Crippen molar-refractivity contribution in [2.45, 2.75) is 6.04 Å². The lowest BCUT2D eigenvalue weighted by Gasteiger charge is -2.09. The zero-order chi connectivity index (χ0) is 14.7. The van der Waals surface area contributed by atoms with Crippen LogP contribution in [-0.2, 0) is 24.0 Å². The van der Waals surface area contributed by atoms with E-state index in [0.29, 0.717) is 6.08 Å². The molecule has 6 nitrogen and oxygen atoms in total. The average Bonchev–Trinajstić information content (AvgIpc) is 2.43. The summed E-state index contributed by atoms with van der Waals surface area (Å²) in [4.78, 5) is 55.3. The van der Waals surface area contributed by atoms with Crippen LogP contribution in [0, 0.1) is 12.5 Å². The zero-order valence-corrected chi connectivity index (χ0v) is 9.38. The van der Waals surface area contributed by atoms with E-state index in [1.165, 1.54) is 29.7 Å². The van der Waals surface area contributed by atoms with Gasteiger partial charge < -0.3 is 4.85 Å². The van der Waals surface area contributed by atoms with Gasteiger partial charge in [0.2, 0.25) is 0 Å². The Morgan fingerprint density at radius 1 is 0.947 bits per heavy atom. The molecule has 6 heteroatoms. The molecule has 19 heavy (non-hydrogen) atoms. The summed E-state index contributed by atoms with van der Waals surface area (Å²) in [5.74, 6) is 5.36. The maximum absolute atomic E-state index is 10.9. The van der Waals surface area contributed by atoms with Crippen molar-refractivity contribution in [1.82, 2.24) is 0 Å². The Balaban J connectivity index is 6.01. The Morgan fingerprint density at radius 3 is 1.95 bits per heavy atom. The fraction of sp³-hybridized carbons (Fsp3) is 0.154. The standard InChI is InChI=1S/C13H5NO5/c1-14-13(4-7-17)12(9-19)11(3-6-16)10(8-18)2-5-15/h2-4,11,13H. The van der Waals surface area contributed by atoms with E-state index in [2.05, 4.69) is 4.85 Å². The molecule has 0 aliphatic carbocycles. The van der Waals surface area contributed by atoms with Gasteiger partial charge in [0.1, 0.15) is 35.3 Å². The van der Waals surface area contributed by atoms with Crippen LogP contribution in [-0.4, -0.2) is 35.7 Å². The third-order valence-electron chi connectivity index (χ3n) is 2.04. The van der Waals surface area contributed by atoms with Crippen LogP contribution in [0.1, 0.15) is 0 Å². The SMILES string of the molecule is [C-]#[N+]C(C=C=O)C(=C=O)C(C=C=O)C(=C=O)C=C=O. The fourth-order valence-corrected chi connectivity index (χ4v) is 1.23. The summed E-state index contributed by atoms with van der Waals surface area (Å²) in [5.41, 5.74) is -0.795. The second kappa shape index (κ2) is 8.84. The highest BCUT2D eigenvalue weighted by Gasteiger charge is 2.28. The Morgan fingerprint density at radius 2 is 1.58 bits per heavy atom. The summed E-state index contributed by atoms with van der Waals surface area (Å²) in [6.07, 6.45) is 2.13. The monoisotopic (exact) mass is 255 g/mol. The zero-order valence-electron chi connectivity index (χ0n) is 9.38. The van der Waals surface area contributed by atoms with E-state index < -0.39 is 23.1 Å². The molecule has 0 amide bonds. The molecule has 92 valence electrons. The Labute approximate surface area is 107 Å². The number of hydrogen-bond donors (Lipinski definition) is 0. The van der Waals surface area contributed by atoms with Crippen molar-refractivity contribution in [3.05, 3.63) is 40.8 Å². The van der Waals surface area contributed by atoms with Gasteiger partial charge in [-0.15, -0.1) is 0 Å². The summed E-state index contributed by atoms with van der Waals surface area (Å²) in [5, 5.41) is 0. The summed E-state index contributed by atoms with van der Waals surface area (Å²) in [6.45, 7) is 6.83. The van der Waals surface area contributed by atoms with Gasteiger partial charge in [-0.05, 0) is 0 Å². The van der Waals surface area contributed by atoms with Crippen LogP contribution in [0.4, 0.5) is 0 Å². The molecule has 2 unspecified atom stereocenters. The van der Waals surface area contributed by atoms with Gasteiger partial charge in [0, 0.05) is 12.2 Å². The Kier molecular flexibility index (Phi) is 7.33. The molecule has 0 aliphatic heterocycles. The molecule has 0 N–H and O–H groups in total. The molecule has 0 aromatic carbocycles. The largest absolute Gasteiger partial charge is 0.303 e. The van der Waals surface area contributed by atoms with Crippen molar-refractivity contribution in [2.75, 3.05) is 0 Å². The quantitative estimate of drug-likeness (QED) is 0.365. The van der Waals surface area contributed by atoms with Crippen LogP contribution in [0.25, 0.3) is 4.85 Å². The van der Waals surface area contributed by atoms with Crippen LogP contribution >= 0.6 is 0 Å². The molecule has 0 spiro atoms. The Bertz CT molecular complexity index is 637. The molecule has 0 radical (unpaired) electrons. The third kappa shape index (κ3) is 4.24. The minimum Gasteiger partial charge on any atom is -0.303 e. The van der Waals surface area contributed by atoms with E-state index in [0.717, 1.165) is 12.2 Å². The number of carbonyl (C=O) groups excluding carboxylic acids is 5. The van der Waals surface area contributed by atoms with Crippen LogP contribution in [0.3, 0.4) is 0 Å². The molecule has 0 heterocycles. The van der Waals surface area contributed by atoms with Gasteiger partial charge in [-0.3, -0.25) is 0 Å². The van der Waals surface area contributed by atoms with Gasteiger partial charge in [-0.25, -0.2) is 30.5 Å². The van der Waals surface area contributed by atoms with Crippen LogP contribution in [0.15, 0.2) is 29.4 Å². The average molecular weight is 255 g/mol. The lowest BCUT2D eigenvalue weighted by molar-refractivity contribution is 0.559. The van der Waals surface area contributed by atoms with Gasteiger partial charge in [0.05, 0.1) is 17.6 Å². The molecule has 0 fully saturated rings. The van der Waals surface area contributed by atoms with E-state index in [4.69, 9.17) is 6.57 Å². The number of allylic oxidation sites excluding steroid dienone is 3. The maximum atomic E-state index is 10.9. The van der Waals surface area contributed by atoms with Crippen LogP contribution in [0.5, 0.6) is 0 Å². The molecule has 0 aliphatic rings. The topological polar surface area (TPSA) is 89.7 Å². The Hall–Kier alpha value is -3.26. The molecular formula is C13H5NO5. The molecule has 0 bridgehead atoms. The molecular weight excluding hydrogens is 250 g/mol. The third-order valence-corrected chi connectivity index (χ3v) is 2.04. The normalized spacial score (nSPS) is 10.7. The fourth-order valence-electron chi connectivity index (χ4n) is 1.23. The van der Waals surface area contributed by atoms with E-state index in [9.17, 15) is 24.0 Å². The molecule has 0 saturated carbocycles. The van der Waals surface area contributed by atoms with Gasteiger partial charge in [0.25, 0.3) is 6.04 Å². The van der Waals surface area contributed by atoms with Crippen molar-refractivity contribution in [1.29, 1.82) is 0 Å². The predicted molar refractivity (Wildman–Crippen MR) is 63.1 cm³/mol. The smallest absolute Gasteiger partial charge is 0.284 e. The first-order chi connectivity index (χ1) is 9.19. The lowest BCUT2D eigenvalue weighted by Crippen LogP contribution is -2.15. The van der Waals surface area contributed by atoms with Crippen molar-refractivity contribution >= 4 is 29.7 Å². The molecule has 0 aromatic rings. The second-order valence-electron chi connectivity index (χ2n) is 3.00. The first-order valence-corrected chi connectivity index (χ1v) is 4.69. The van der Waals surface area contributed by atoms with Crippen molar-refractivity contribution in [3.63, 3.8) is 0 Å². The molecule has 0 rings (SSSR count). The van der Waals surface area contributed by atoms with Gasteiger partial charge in [-0.2, -0.15) is 0 Å². The van der Waals surface area contributed by atoms with Crippen molar-refractivity contribution < 1.29 is 24.0 Å². The lowest BCUT2D eigenvalue weighted by atomic mass is 9.88. The minimum atomic E-state index is -1.35. The minimum absolute atomic E-state index is 0.397. The molecule has 0 saturated heterocycles. The second-order valence-corrected chi connectivity index (χ2v) is 3.00. The van der Waals surface area contributed by atoms with Crippen molar-refractivity contribution in [2.24, 2.45) is 5.92 Å². The highest BCUT2D eigenvalue weighted by Crippen LogP contribution is 2.23. The van der Waals surface area contributed by atoms with E-state index in [1.54, 1.807) is 0 Å². The number of rotatable bonds is 6. The summed E-state index contributed by atoms with van der Waals surface area (Å²) in [7, 11) is 0. The van der Waals surface area contributed by atoms with E-state index in [1.807, 2.05) is 0 Å². The summed E-state index contributed by atoms with van der Waals surface area (Å²) in [6, 6.07) is -1.35. The number of hydrogen-bond acceptors (Lipinski definition) is 5. The van der Waals surface area contributed by atoms with E-state index >= 15 is 0 Å². The summed E-state index contributed by atoms with van der Waals surface area (Å²) >= 11 is 0. The highest BCUT2D eigenvalue weighted by atomic mass is 16.1. The highest BCUT2D eigenvalue weighted by molar-refractivity contribution is 5.74.